The molecule has 22 heavy (non-hydrogen) atoms. The monoisotopic (exact) mass is 295 g/mol. The molecule has 0 aliphatic carbocycles. The second-order valence-electron chi connectivity index (χ2n) is 4.92. The van der Waals surface area contributed by atoms with Crippen molar-refractivity contribution in [1.29, 1.82) is 0 Å². The number of hydrogen-bond acceptors (Lipinski definition) is 4. The van der Waals surface area contributed by atoms with Crippen LogP contribution in [0.4, 0.5) is 5.95 Å². The topological polar surface area (TPSA) is 67.0 Å². The Balaban J connectivity index is 1.42. The number of imidazole rings is 1. The van der Waals surface area contributed by atoms with Crippen LogP contribution < -0.4 is 10.1 Å². The largest absolute Gasteiger partial charge is 0.494 e. The maximum absolute atomic E-state index is 10.6. The van der Waals surface area contributed by atoms with Gasteiger partial charge in [0, 0.05) is 12.1 Å². The summed E-state index contributed by atoms with van der Waals surface area (Å²) in [5.74, 6) is 1.55. The second kappa shape index (κ2) is 6.76. The van der Waals surface area contributed by atoms with Crippen molar-refractivity contribution in [3.63, 3.8) is 0 Å². The van der Waals surface area contributed by atoms with Crippen molar-refractivity contribution < 1.29 is 9.53 Å². The number of carbonyl (C=O) groups excluding carboxylic acids is 1. The number of hydrogen-bond donors (Lipinski definition) is 2. The van der Waals surface area contributed by atoms with Gasteiger partial charge in [0.2, 0.25) is 5.95 Å². The summed E-state index contributed by atoms with van der Waals surface area (Å²) in [6.45, 7) is 1.37. The van der Waals surface area contributed by atoms with E-state index < -0.39 is 0 Å². The van der Waals surface area contributed by atoms with Crippen LogP contribution in [0.15, 0.2) is 48.5 Å². The molecule has 0 atom stereocenters. The highest BCUT2D eigenvalue weighted by Crippen LogP contribution is 2.13. The molecule has 1 heterocycles. The van der Waals surface area contributed by atoms with E-state index >= 15 is 0 Å². The van der Waals surface area contributed by atoms with Gasteiger partial charge in [0.15, 0.2) is 0 Å². The lowest BCUT2D eigenvalue weighted by atomic mass is 10.2. The summed E-state index contributed by atoms with van der Waals surface area (Å²) in [5.41, 5.74) is 2.63. The molecule has 0 bridgehead atoms. The third-order valence-corrected chi connectivity index (χ3v) is 3.29. The van der Waals surface area contributed by atoms with Gasteiger partial charge in [-0.2, -0.15) is 0 Å². The van der Waals surface area contributed by atoms with Crippen LogP contribution in [0, 0.1) is 0 Å². The fourth-order valence-corrected chi connectivity index (χ4v) is 2.15. The van der Waals surface area contributed by atoms with E-state index in [2.05, 4.69) is 15.3 Å². The number of H-pyrrole nitrogens is 1. The zero-order valence-corrected chi connectivity index (χ0v) is 12.1. The molecule has 0 radical (unpaired) electrons. The fourth-order valence-electron chi connectivity index (χ4n) is 2.15. The number of rotatable bonds is 7. The summed E-state index contributed by atoms with van der Waals surface area (Å²) in [4.78, 5) is 18.2. The van der Waals surface area contributed by atoms with E-state index in [9.17, 15) is 4.79 Å². The summed E-state index contributed by atoms with van der Waals surface area (Å²) < 4.78 is 5.62. The molecule has 3 aromatic rings. The van der Waals surface area contributed by atoms with E-state index in [0.717, 1.165) is 42.0 Å². The van der Waals surface area contributed by atoms with Gasteiger partial charge in [0.05, 0.1) is 17.6 Å². The van der Waals surface area contributed by atoms with E-state index in [4.69, 9.17) is 4.74 Å². The van der Waals surface area contributed by atoms with Gasteiger partial charge in [0.1, 0.15) is 12.0 Å². The Labute approximate surface area is 128 Å². The van der Waals surface area contributed by atoms with Crippen LogP contribution >= 0.6 is 0 Å². The Morgan fingerprint density at radius 1 is 1.14 bits per heavy atom. The number of benzene rings is 2. The predicted molar refractivity (Wildman–Crippen MR) is 86.5 cm³/mol. The molecular weight excluding hydrogens is 278 g/mol. The summed E-state index contributed by atoms with van der Waals surface area (Å²) in [6, 6.07) is 15.0. The van der Waals surface area contributed by atoms with Gasteiger partial charge in [-0.15, -0.1) is 0 Å². The lowest BCUT2D eigenvalue weighted by molar-refractivity contribution is 0.112. The number of carbonyl (C=O) groups is 1. The highest BCUT2D eigenvalue weighted by Gasteiger charge is 2.00. The minimum Gasteiger partial charge on any atom is -0.494 e. The Hall–Kier alpha value is -2.82. The van der Waals surface area contributed by atoms with Gasteiger partial charge in [0.25, 0.3) is 0 Å². The Morgan fingerprint density at radius 2 is 1.95 bits per heavy atom. The van der Waals surface area contributed by atoms with Gasteiger partial charge < -0.3 is 15.0 Å². The number of nitrogens with zero attached hydrogens (tertiary/aromatic N) is 1. The Kier molecular flexibility index (Phi) is 4.34. The van der Waals surface area contributed by atoms with Crippen molar-refractivity contribution in [3.05, 3.63) is 54.1 Å². The van der Waals surface area contributed by atoms with E-state index in [1.807, 2.05) is 24.3 Å². The lowest BCUT2D eigenvalue weighted by Gasteiger charge is -2.06. The zero-order valence-electron chi connectivity index (χ0n) is 12.1. The first-order chi connectivity index (χ1) is 10.8. The van der Waals surface area contributed by atoms with Crippen molar-refractivity contribution in [1.82, 2.24) is 9.97 Å². The first kappa shape index (κ1) is 14.1. The van der Waals surface area contributed by atoms with Crippen LogP contribution in [0.2, 0.25) is 0 Å². The molecule has 5 heteroatoms. The molecule has 2 aromatic carbocycles. The lowest BCUT2D eigenvalue weighted by Crippen LogP contribution is -2.08. The smallest absolute Gasteiger partial charge is 0.201 e. The first-order valence-corrected chi connectivity index (χ1v) is 7.22. The number of aromatic nitrogens is 2. The first-order valence-electron chi connectivity index (χ1n) is 7.22. The molecular formula is C17H17N3O2. The molecule has 112 valence electrons. The van der Waals surface area contributed by atoms with E-state index in [-0.39, 0.29) is 0 Å². The molecule has 0 amide bonds. The molecule has 1 aromatic heterocycles. The maximum Gasteiger partial charge on any atom is 0.201 e. The molecule has 0 saturated heterocycles. The third kappa shape index (κ3) is 3.44. The molecule has 2 N–H and O–H groups in total. The molecule has 3 rings (SSSR count). The Bertz CT molecular complexity index is 717. The minimum absolute atomic E-state index is 0.605. The standard InChI is InChI=1S/C17H17N3O2/c21-12-13-6-8-14(9-7-13)22-11-3-10-18-17-19-15-4-1-2-5-16(15)20-17/h1-2,4-9,12H,3,10-11H2,(H2,18,19,20). The summed E-state index contributed by atoms with van der Waals surface area (Å²) in [5, 5.41) is 3.25. The SMILES string of the molecule is O=Cc1ccc(OCCCNc2nc3ccccc3[nH]2)cc1. The van der Waals surface area contributed by atoms with Crippen LogP contribution in [0.25, 0.3) is 11.0 Å². The maximum atomic E-state index is 10.6. The number of nitrogens with one attached hydrogen (secondary N) is 2. The number of fused-ring (bicyclic) bond motifs is 1. The number of anilines is 1. The quantitative estimate of drug-likeness (QED) is 0.518. The molecule has 0 fully saturated rings. The summed E-state index contributed by atoms with van der Waals surface area (Å²) in [6.07, 6.45) is 1.67. The van der Waals surface area contributed by atoms with Gasteiger partial charge in [-0.3, -0.25) is 4.79 Å². The van der Waals surface area contributed by atoms with Crippen LogP contribution in [0.5, 0.6) is 5.75 Å². The van der Waals surface area contributed by atoms with E-state index in [0.29, 0.717) is 12.2 Å². The number of aldehydes is 1. The number of ether oxygens (including phenoxy) is 1. The highest BCUT2D eigenvalue weighted by atomic mass is 16.5. The van der Waals surface area contributed by atoms with Crippen LogP contribution in [0.3, 0.4) is 0 Å². The third-order valence-electron chi connectivity index (χ3n) is 3.29. The molecule has 5 nitrogen and oxygen atoms in total. The predicted octanol–water partition coefficient (Wildman–Crippen LogP) is 3.26. The normalized spacial score (nSPS) is 10.5. The Morgan fingerprint density at radius 3 is 2.73 bits per heavy atom. The molecule has 0 spiro atoms. The molecule has 0 aliphatic rings. The van der Waals surface area contributed by atoms with Gasteiger partial charge in [-0.1, -0.05) is 12.1 Å². The highest BCUT2D eigenvalue weighted by molar-refractivity contribution is 5.77. The van der Waals surface area contributed by atoms with Crippen molar-refractivity contribution in [2.45, 2.75) is 6.42 Å². The van der Waals surface area contributed by atoms with E-state index in [1.54, 1.807) is 24.3 Å². The average Bonchev–Trinajstić information content (AvgIpc) is 2.98. The van der Waals surface area contributed by atoms with Gasteiger partial charge in [-0.25, -0.2) is 4.98 Å². The van der Waals surface area contributed by atoms with E-state index in [1.165, 1.54) is 0 Å². The summed E-state index contributed by atoms with van der Waals surface area (Å²) in [7, 11) is 0. The molecule has 0 saturated carbocycles. The molecule has 0 unspecified atom stereocenters. The van der Waals surface area contributed by atoms with Crippen molar-refractivity contribution >= 4 is 23.3 Å². The fraction of sp³-hybridized carbons (Fsp3) is 0.176. The van der Waals surface area contributed by atoms with Crippen LogP contribution in [0.1, 0.15) is 16.8 Å². The van der Waals surface area contributed by atoms with Gasteiger partial charge >= 0.3 is 0 Å². The molecule has 0 aliphatic heterocycles. The summed E-state index contributed by atoms with van der Waals surface area (Å²) >= 11 is 0. The second-order valence-corrected chi connectivity index (χ2v) is 4.92. The van der Waals surface area contributed by atoms with Crippen LogP contribution in [-0.4, -0.2) is 29.4 Å². The zero-order chi connectivity index (χ0) is 15.2. The van der Waals surface area contributed by atoms with Crippen molar-refractivity contribution in [3.8, 4) is 5.75 Å². The minimum atomic E-state index is 0.605. The average molecular weight is 295 g/mol. The van der Waals surface area contributed by atoms with Crippen LogP contribution in [-0.2, 0) is 0 Å². The van der Waals surface area contributed by atoms with Gasteiger partial charge in [-0.05, 0) is 42.8 Å². The van der Waals surface area contributed by atoms with Crippen molar-refractivity contribution in [2.75, 3.05) is 18.5 Å². The number of aromatic amines is 1. The number of para-hydroxylation sites is 2. The van der Waals surface area contributed by atoms with Crippen molar-refractivity contribution in [2.24, 2.45) is 0 Å².